The van der Waals surface area contributed by atoms with Crippen LogP contribution in [0.3, 0.4) is 0 Å². The maximum absolute atomic E-state index is 11.9. The number of likely N-dealkylation sites (tertiary alicyclic amines) is 1. The fourth-order valence-electron chi connectivity index (χ4n) is 3.58. The van der Waals surface area contributed by atoms with E-state index in [-0.39, 0.29) is 12.1 Å². The van der Waals surface area contributed by atoms with Crippen molar-refractivity contribution in [3.8, 4) is 11.4 Å². The van der Waals surface area contributed by atoms with Crippen molar-refractivity contribution in [1.29, 1.82) is 0 Å². The lowest BCUT2D eigenvalue weighted by molar-refractivity contribution is 0.0479. The number of tetrazole rings is 1. The highest BCUT2D eigenvalue weighted by Crippen LogP contribution is 2.14. The number of unbranched alkanes of at least 4 members (excludes halogenated alkanes) is 2. The van der Waals surface area contributed by atoms with Crippen LogP contribution in [0.4, 0.5) is 4.79 Å². The third-order valence-electron chi connectivity index (χ3n) is 5.13. The molecule has 2 aromatic rings. The molecule has 1 N–H and O–H groups in total. The van der Waals surface area contributed by atoms with Crippen molar-refractivity contribution < 1.29 is 9.53 Å². The van der Waals surface area contributed by atoms with Gasteiger partial charge in [-0.3, -0.25) is 0 Å². The van der Waals surface area contributed by atoms with Gasteiger partial charge in [0, 0.05) is 24.7 Å². The zero-order chi connectivity index (χ0) is 21.4. The minimum absolute atomic E-state index is 0.216. The Morgan fingerprint density at radius 2 is 1.80 bits per heavy atom. The molecule has 1 aliphatic rings. The molecule has 8 nitrogen and oxygen atoms in total. The van der Waals surface area contributed by atoms with Gasteiger partial charge in [-0.25, -0.2) is 4.79 Å². The van der Waals surface area contributed by atoms with Crippen LogP contribution in [0.2, 0.25) is 0 Å². The number of nitrogens with zero attached hydrogens (tertiary/aromatic N) is 5. The zero-order valence-corrected chi connectivity index (χ0v) is 18.4. The molecule has 164 valence electrons. The Hall–Kier alpha value is -2.48. The Kier molecular flexibility index (Phi) is 7.79. The molecular formula is C22H34N6O2. The van der Waals surface area contributed by atoms with E-state index < -0.39 is 5.60 Å². The fourth-order valence-corrected chi connectivity index (χ4v) is 3.58. The van der Waals surface area contributed by atoms with E-state index in [0.717, 1.165) is 63.8 Å². The summed E-state index contributed by atoms with van der Waals surface area (Å²) in [4.78, 5) is 16.1. The summed E-state index contributed by atoms with van der Waals surface area (Å²) in [6.07, 6.45) is 4.98. The van der Waals surface area contributed by atoms with Gasteiger partial charge in [0.05, 0.1) is 6.54 Å². The van der Waals surface area contributed by atoms with Crippen molar-refractivity contribution >= 4 is 6.09 Å². The summed E-state index contributed by atoms with van der Waals surface area (Å²) in [7, 11) is 0. The van der Waals surface area contributed by atoms with Gasteiger partial charge in [-0.05, 0) is 58.2 Å². The summed E-state index contributed by atoms with van der Waals surface area (Å²) in [5.74, 6) is 0.679. The highest BCUT2D eigenvalue weighted by Gasteiger charge is 2.23. The SMILES string of the molecule is CC(C)(C)OC(=O)NC1CCN(CCCCCn2nnc(-c3ccccc3)n2)CC1. The number of alkyl carbamates (subject to hydrolysis) is 1. The highest BCUT2D eigenvalue weighted by atomic mass is 16.6. The summed E-state index contributed by atoms with van der Waals surface area (Å²) < 4.78 is 5.34. The number of hydrogen-bond acceptors (Lipinski definition) is 6. The van der Waals surface area contributed by atoms with Gasteiger partial charge < -0.3 is 15.0 Å². The number of hydrogen-bond donors (Lipinski definition) is 1. The standard InChI is InChI=1S/C22H34N6O2/c1-22(2,3)30-21(29)23-19-12-16-27(17-13-19)14-8-5-9-15-28-25-20(24-26-28)18-10-6-4-7-11-18/h4,6-7,10-11,19H,5,8-9,12-17H2,1-3H3,(H,23,29). The number of rotatable bonds is 8. The Morgan fingerprint density at radius 1 is 1.10 bits per heavy atom. The van der Waals surface area contributed by atoms with E-state index >= 15 is 0 Å². The average molecular weight is 415 g/mol. The van der Waals surface area contributed by atoms with E-state index in [1.54, 1.807) is 4.80 Å². The molecule has 2 heterocycles. The van der Waals surface area contributed by atoms with Gasteiger partial charge in [0.2, 0.25) is 5.82 Å². The molecule has 0 saturated carbocycles. The van der Waals surface area contributed by atoms with Crippen LogP contribution in [-0.2, 0) is 11.3 Å². The molecule has 1 saturated heterocycles. The van der Waals surface area contributed by atoms with Gasteiger partial charge in [-0.1, -0.05) is 36.8 Å². The molecule has 30 heavy (non-hydrogen) atoms. The molecule has 1 aromatic carbocycles. The molecule has 0 radical (unpaired) electrons. The van der Waals surface area contributed by atoms with Gasteiger partial charge in [0.15, 0.2) is 0 Å². The van der Waals surface area contributed by atoms with E-state index in [0.29, 0.717) is 5.82 Å². The normalized spacial score (nSPS) is 15.8. The summed E-state index contributed by atoms with van der Waals surface area (Å²) in [5.41, 5.74) is 0.545. The summed E-state index contributed by atoms with van der Waals surface area (Å²) >= 11 is 0. The molecular weight excluding hydrogens is 380 g/mol. The molecule has 0 aliphatic carbocycles. The molecule has 1 aromatic heterocycles. The lowest BCUT2D eigenvalue weighted by Gasteiger charge is -2.32. The van der Waals surface area contributed by atoms with Crippen molar-refractivity contribution in [1.82, 2.24) is 30.4 Å². The molecule has 1 amide bonds. The number of amides is 1. The van der Waals surface area contributed by atoms with Gasteiger partial charge >= 0.3 is 6.09 Å². The van der Waals surface area contributed by atoms with Gasteiger partial charge in [-0.2, -0.15) is 4.80 Å². The number of nitrogens with one attached hydrogen (secondary N) is 1. The van der Waals surface area contributed by atoms with Crippen molar-refractivity contribution in [2.45, 2.75) is 71.1 Å². The van der Waals surface area contributed by atoms with E-state index in [1.807, 2.05) is 51.1 Å². The Morgan fingerprint density at radius 3 is 2.50 bits per heavy atom. The van der Waals surface area contributed by atoms with E-state index in [9.17, 15) is 4.79 Å². The van der Waals surface area contributed by atoms with Crippen LogP contribution in [0.25, 0.3) is 11.4 Å². The fraction of sp³-hybridized carbons (Fsp3) is 0.636. The first-order chi connectivity index (χ1) is 14.4. The predicted molar refractivity (Wildman–Crippen MR) is 116 cm³/mol. The van der Waals surface area contributed by atoms with Crippen LogP contribution in [0.5, 0.6) is 0 Å². The minimum Gasteiger partial charge on any atom is -0.444 e. The maximum atomic E-state index is 11.9. The predicted octanol–water partition coefficient (Wildman–Crippen LogP) is 3.50. The number of aryl methyl sites for hydroxylation is 1. The number of carbonyl (C=O) groups excluding carboxylic acids is 1. The highest BCUT2D eigenvalue weighted by molar-refractivity contribution is 5.68. The third kappa shape index (κ3) is 7.40. The van der Waals surface area contributed by atoms with E-state index in [2.05, 4.69) is 25.6 Å². The molecule has 0 spiro atoms. The molecule has 1 fully saturated rings. The Labute approximate surface area is 179 Å². The lowest BCUT2D eigenvalue weighted by Crippen LogP contribution is -2.46. The molecule has 0 unspecified atom stereocenters. The third-order valence-corrected chi connectivity index (χ3v) is 5.13. The largest absolute Gasteiger partial charge is 0.444 e. The van der Waals surface area contributed by atoms with Crippen molar-refractivity contribution in [3.63, 3.8) is 0 Å². The Balaban J connectivity index is 1.27. The summed E-state index contributed by atoms with van der Waals surface area (Å²) in [5, 5.41) is 15.8. The summed E-state index contributed by atoms with van der Waals surface area (Å²) in [6.45, 7) is 9.58. The topological polar surface area (TPSA) is 85.2 Å². The lowest BCUT2D eigenvalue weighted by atomic mass is 10.0. The van der Waals surface area contributed by atoms with Crippen molar-refractivity contribution in [2.24, 2.45) is 0 Å². The van der Waals surface area contributed by atoms with Gasteiger partial charge in [-0.15, -0.1) is 10.2 Å². The van der Waals surface area contributed by atoms with Crippen molar-refractivity contribution in [3.05, 3.63) is 30.3 Å². The second-order valence-electron chi connectivity index (χ2n) is 8.90. The van der Waals surface area contributed by atoms with Crippen LogP contribution in [0, 0.1) is 0 Å². The maximum Gasteiger partial charge on any atom is 0.407 e. The number of aromatic nitrogens is 4. The molecule has 0 atom stereocenters. The number of benzene rings is 1. The van der Waals surface area contributed by atoms with Crippen LogP contribution in [0.15, 0.2) is 30.3 Å². The smallest absolute Gasteiger partial charge is 0.407 e. The minimum atomic E-state index is -0.449. The van der Waals surface area contributed by atoms with Crippen LogP contribution in [0.1, 0.15) is 52.9 Å². The first-order valence-electron chi connectivity index (χ1n) is 10.9. The molecule has 3 rings (SSSR count). The quantitative estimate of drug-likeness (QED) is 0.666. The summed E-state index contributed by atoms with van der Waals surface area (Å²) in [6, 6.07) is 10.1. The second-order valence-corrected chi connectivity index (χ2v) is 8.90. The number of ether oxygens (including phenoxy) is 1. The second kappa shape index (κ2) is 10.5. The van der Waals surface area contributed by atoms with Crippen LogP contribution >= 0.6 is 0 Å². The van der Waals surface area contributed by atoms with Gasteiger partial charge in [0.1, 0.15) is 5.60 Å². The zero-order valence-electron chi connectivity index (χ0n) is 18.4. The van der Waals surface area contributed by atoms with Crippen LogP contribution in [-0.4, -0.2) is 62.5 Å². The molecule has 1 aliphatic heterocycles. The van der Waals surface area contributed by atoms with Crippen molar-refractivity contribution in [2.75, 3.05) is 19.6 Å². The average Bonchev–Trinajstić information content (AvgIpc) is 3.17. The monoisotopic (exact) mass is 414 g/mol. The first kappa shape index (κ1) is 22.2. The van der Waals surface area contributed by atoms with E-state index in [4.69, 9.17) is 4.74 Å². The van der Waals surface area contributed by atoms with Crippen LogP contribution < -0.4 is 5.32 Å². The van der Waals surface area contributed by atoms with E-state index in [1.165, 1.54) is 0 Å². The number of carbonyl (C=O) groups is 1. The van der Waals surface area contributed by atoms with Gasteiger partial charge in [0.25, 0.3) is 0 Å². The molecule has 8 heteroatoms. The molecule has 0 bridgehead atoms. The first-order valence-corrected chi connectivity index (χ1v) is 10.9. The Bertz CT molecular complexity index is 778. The number of piperidine rings is 1.